The number of ketones is 1. The van der Waals surface area contributed by atoms with Gasteiger partial charge in [0, 0.05) is 5.92 Å². The van der Waals surface area contributed by atoms with Crippen LogP contribution >= 0.6 is 0 Å². The number of Topliss-reactive ketones (excluding diaryl/α,β-unsaturated/α-hetero) is 1. The summed E-state index contributed by atoms with van der Waals surface area (Å²) in [5.41, 5.74) is 5.52. The summed E-state index contributed by atoms with van der Waals surface area (Å²) in [4.78, 5) is 26.4. The second-order valence-electron chi connectivity index (χ2n) is 4.20. The Morgan fingerprint density at radius 2 is 1.94 bits per heavy atom. The highest BCUT2D eigenvalue weighted by Gasteiger charge is 2.29. The Hall–Kier alpha value is -2.17. The van der Waals surface area contributed by atoms with Gasteiger partial charge in [0.15, 0.2) is 0 Å². The van der Waals surface area contributed by atoms with Gasteiger partial charge in [0.2, 0.25) is 0 Å². The summed E-state index contributed by atoms with van der Waals surface area (Å²) in [6.45, 7) is 0. The number of para-hydroxylation sites is 1. The van der Waals surface area contributed by atoms with Gasteiger partial charge < -0.3 is 10.5 Å². The van der Waals surface area contributed by atoms with Crippen molar-refractivity contribution in [1.29, 1.82) is 0 Å². The van der Waals surface area contributed by atoms with E-state index in [1.807, 2.05) is 6.07 Å². The van der Waals surface area contributed by atoms with Crippen LogP contribution in [0.1, 0.15) is 19.3 Å². The molecule has 0 atom stereocenters. The number of carbonyl (C=O) groups is 2. The van der Waals surface area contributed by atoms with Crippen LogP contribution in [0.25, 0.3) is 0 Å². The van der Waals surface area contributed by atoms with Crippen molar-refractivity contribution in [3.05, 3.63) is 30.3 Å². The van der Waals surface area contributed by atoms with Crippen LogP contribution in [0.2, 0.25) is 0 Å². The Bertz CT molecular complexity index is 478. The Kier molecular flexibility index (Phi) is 3.72. The molecule has 5 heteroatoms. The first-order valence-electron chi connectivity index (χ1n) is 5.78. The molecule has 0 unspecified atom stereocenters. The number of carbonyl (C=O) groups excluding carboxylic acids is 2. The number of aliphatic imine (C=N–C) groups is 1. The van der Waals surface area contributed by atoms with E-state index in [-0.39, 0.29) is 24.0 Å². The van der Waals surface area contributed by atoms with Gasteiger partial charge in [0.05, 0.1) is 6.42 Å². The number of amidine groups is 1. The first kappa shape index (κ1) is 12.3. The Morgan fingerprint density at radius 3 is 2.56 bits per heavy atom. The minimum Gasteiger partial charge on any atom is -0.409 e. The molecular weight excluding hydrogens is 232 g/mol. The molecule has 1 amide bonds. The molecule has 0 saturated heterocycles. The molecule has 1 aliphatic carbocycles. The van der Waals surface area contributed by atoms with Crippen molar-refractivity contribution in [3.63, 3.8) is 0 Å². The van der Waals surface area contributed by atoms with Crippen LogP contribution in [0.15, 0.2) is 35.3 Å². The number of rotatable bonds is 4. The Balaban J connectivity index is 1.87. The van der Waals surface area contributed by atoms with Gasteiger partial charge in [-0.15, -0.1) is 0 Å². The third kappa shape index (κ3) is 3.69. The van der Waals surface area contributed by atoms with Gasteiger partial charge in [0.25, 0.3) is 0 Å². The zero-order valence-electron chi connectivity index (χ0n) is 9.83. The average Bonchev–Trinajstić information content (AvgIpc) is 3.13. The summed E-state index contributed by atoms with van der Waals surface area (Å²) >= 11 is 0. The van der Waals surface area contributed by atoms with Gasteiger partial charge >= 0.3 is 6.09 Å². The monoisotopic (exact) mass is 246 g/mol. The van der Waals surface area contributed by atoms with Crippen molar-refractivity contribution in [2.24, 2.45) is 16.6 Å². The van der Waals surface area contributed by atoms with E-state index < -0.39 is 6.09 Å². The Labute approximate surface area is 105 Å². The molecule has 1 aromatic carbocycles. The van der Waals surface area contributed by atoms with Crippen molar-refractivity contribution in [2.45, 2.75) is 19.3 Å². The molecule has 0 aliphatic heterocycles. The predicted octanol–water partition coefficient (Wildman–Crippen LogP) is 1.91. The molecule has 1 fully saturated rings. The normalized spacial score (nSPS) is 15.2. The minimum atomic E-state index is -0.803. The van der Waals surface area contributed by atoms with E-state index in [4.69, 9.17) is 10.5 Å². The fourth-order valence-corrected chi connectivity index (χ4v) is 1.50. The maximum atomic E-state index is 11.4. The second kappa shape index (κ2) is 5.44. The van der Waals surface area contributed by atoms with E-state index in [0.29, 0.717) is 5.75 Å². The van der Waals surface area contributed by atoms with E-state index in [9.17, 15) is 9.59 Å². The van der Waals surface area contributed by atoms with E-state index in [1.165, 1.54) is 0 Å². The SMILES string of the molecule is NC(CC(=O)C1CC1)=NC(=O)Oc1ccccc1. The number of hydrogen-bond donors (Lipinski definition) is 1. The molecule has 0 aromatic heterocycles. The molecule has 5 nitrogen and oxygen atoms in total. The maximum absolute atomic E-state index is 11.4. The third-order valence-electron chi connectivity index (χ3n) is 2.57. The van der Waals surface area contributed by atoms with Crippen LogP contribution in [-0.4, -0.2) is 17.7 Å². The number of amides is 1. The molecule has 2 rings (SSSR count). The quantitative estimate of drug-likeness (QED) is 0.650. The van der Waals surface area contributed by atoms with Gasteiger partial charge in [-0.1, -0.05) is 18.2 Å². The lowest BCUT2D eigenvalue weighted by molar-refractivity contribution is -0.119. The zero-order chi connectivity index (χ0) is 13.0. The van der Waals surface area contributed by atoms with Crippen molar-refractivity contribution < 1.29 is 14.3 Å². The molecule has 94 valence electrons. The highest BCUT2D eigenvalue weighted by molar-refractivity contribution is 6.04. The number of ether oxygens (including phenoxy) is 1. The van der Waals surface area contributed by atoms with E-state index in [1.54, 1.807) is 24.3 Å². The summed E-state index contributed by atoms with van der Waals surface area (Å²) in [6.07, 6.45) is 1.05. The fourth-order valence-electron chi connectivity index (χ4n) is 1.50. The highest BCUT2D eigenvalue weighted by Crippen LogP contribution is 2.30. The molecule has 1 aromatic rings. The molecule has 2 N–H and O–H groups in total. The lowest BCUT2D eigenvalue weighted by Crippen LogP contribution is -2.20. The number of nitrogens with two attached hydrogens (primary N) is 1. The summed E-state index contributed by atoms with van der Waals surface area (Å²) in [5.74, 6) is 0.563. The van der Waals surface area contributed by atoms with Crippen LogP contribution in [-0.2, 0) is 4.79 Å². The minimum absolute atomic E-state index is 0.00725. The van der Waals surface area contributed by atoms with Gasteiger partial charge in [-0.05, 0) is 25.0 Å². The van der Waals surface area contributed by atoms with Crippen LogP contribution in [0.3, 0.4) is 0 Å². The molecule has 0 spiro atoms. The fraction of sp³-hybridized carbons (Fsp3) is 0.308. The van der Waals surface area contributed by atoms with Crippen molar-refractivity contribution in [3.8, 4) is 5.75 Å². The van der Waals surface area contributed by atoms with Gasteiger partial charge in [-0.25, -0.2) is 4.79 Å². The topological polar surface area (TPSA) is 81.8 Å². The molecule has 1 aliphatic rings. The zero-order valence-corrected chi connectivity index (χ0v) is 9.83. The lowest BCUT2D eigenvalue weighted by atomic mass is 10.2. The molecule has 0 radical (unpaired) electrons. The van der Waals surface area contributed by atoms with E-state index >= 15 is 0 Å². The van der Waals surface area contributed by atoms with Crippen LogP contribution in [0, 0.1) is 5.92 Å². The molecule has 0 bridgehead atoms. The molecule has 0 heterocycles. The average molecular weight is 246 g/mol. The molecule has 18 heavy (non-hydrogen) atoms. The van der Waals surface area contributed by atoms with Gasteiger partial charge in [-0.2, -0.15) is 4.99 Å². The maximum Gasteiger partial charge on any atom is 0.440 e. The first-order chi connectivity index (χ1) is 8.65. The highest BCUT2D eigenvalue weighted by atomic mass is 16.5. The van der Waals surface area contributed by atoms with Crippen LogP contribution < -0.4 is 10.5 Å². The molecule has 1 saturated carbocycles. The molecular formula is C13H14N2O3. The number of hydrogen-bond acceptors (Lipinski definition) is 3. The predicted molar refractivity (Wildman–Crippen MR) is 66.4 cm³/mol. The largest absolute Gasteiger partial charge is 0.440 e. The summed E-state index contributed by atoms with van der Waals surface area (Å²) < 4.78 is 4.92. The summed E-state index contributed by atoms with van der Waals surface area (Å²) in [5, 5.41) is 0. The number of nitrogens with zero attached hydrogens (tertiary/aromatic N) is 1. The van der Waals surface area contributed by atoms with Gasteiger partial charge in [-0.3, -0.25) is 4.79 Å². The first-order valence-corrected chi connectivity index (χ1v) is 5.78. The lowest BCUT2D eigenvalue weighted by Gasteiger charge is -2.01. The van der Waals surface area contributed by atoms with E-state index in [2.05, 4.69) is 4.99 Å². The van der Waals surface area contributed by atoms with Gasteiger partial charge in [0.1, 0.15) is 17.4 Å². The van der Waals surface area contributed by atoms with Crippen LogP contribution in [0.4, 0.5) is 4.79 Å². The van der Waals surface area contributed by atoms with E-state index in [0.717, 1.165) is 12.8 Å². The smallest absolute Gasteiger partial charge is 0.409 e. The summed E-state index contributed by atoms with van der Waals surface area (Å²) in [7, 11) is 0. The van der Waals surface area contributed by atoms with Crippen molar-refractivity contribution in [2.75, 3.05) is 0 Å². The standard InChI is InChI=1S/C13H14N2O3/c14-12(8-11(16)9-6-7-9)15-13(17)18-10-4-2-1-3-5-10/h1-5,9H,6-8H2,(H2,14,15,17). The van der Waals surface area contributed by atoms with Crippen LogP contribution in [0.5, 0.6) is 5.75 Å². The summed E-state index contributed by atoms with van der Waals surface area (Å²) in [6, 6.07) is 8.57. The Morgan fingerprint density at radius 1 is 1.28 bits per heavy atom. The second-order valence-corrected chi connectivity index (χ2v) is 4.20. The van der Waals surface area contributed by atoms with Crippen molar-refractivity contribution >= 4 is 17.7 Å². The van der Waals surface area contributed by atoms with Crippen molar-refractivity contribution in [1.82, 2.24) is 0 Å². The number of benzene rings is 1. The third-order valence-corrected chi connectivity index (χ3v) is 2.57.